The highest BCUT2D eigenvalue weighted by atomic mass is 16.3. The second kappa shape index (κ2) is 4.04. The van der Waals surface area contributed by atoms with Gasteiger partial charge in [-0.05, 0) is 43.9 Å². The second-order valence-corrected chi connectivity index (χ2v) is 4.89. The van der Waals surface area contributed by atoms with Gasteiger partial charge in [0.25, 0.3) is 0 Å². The molecule has 0 spiro atoms. The van der Waals surface area contributed by atoms with E-state index in [1.807, 2.05) is 18.2 Å². The summed E-state index contributed by atoms with van der Waals surface area (Å²) in [6, 6.07) is 5.94. The third-order valence-corrected chi connectivity index (χ3v) is 3.55. The molecular weight excluding hydrogens is 214 g/mol. The molecule has 1 fully saturated rings. The molecule has 0 atom stereocenters. The van der Waals surface area contributed by atoms with Crippen molar-refractivity contribution in [1.29, 1.82) is 0 Å². The molecule has 0 aliphatic heterocycles. The number of fused-ring (bicyclic) bond motifs is 1. The van der Waals surface area contributed by atoms with Crippen molar-refractivity contribution >= 4 is 16.8 Å². The Bertz CT molecular complexity index is 526. The number of hydrogen-bond acceptors (Lipinski definition) is 4. The summed E-state index contributed by atoms with van der Waals surface area (Å²) in [5, 5.41) is 0. The van der Waals surface area contributed by atoms with Crippen LogP contribution in [-0.2, 0) is 0 Å². The number of anilines is 1. The first-order valence-corrected chi connectivity index (χ1v) is 6.14. The highest BCUT2D eigenvalue weighted by molar-refractivity contribution is 5.76. The van der Waals surface area contributed by atoms with Crippen molar-refractivity contribution in [3.63, 3.8) is 0 Å². The van der Waals surface area contributed by atoms with E-state index in [0.717, 1.165) is 48.4 Å². The summed E-state index contributed by atoms with van der Waals surface area (Å²) < 4.78 is 5.79. The number of nitrogens with zero attached hydrogens (tertiary/aromatic N) is 1. The van der Waals surface area contributed by atoms with Crippen LogP contribution in [0.5, 0.6) is 0 Å². The predicted octanol–water partition coefficient (Wildman–Crippen LogP) is 2.39. The first kappa shape index (κ1) is 10.6. The summed E-state index contributed by atoms with van der Waals surface area (Å²) in [7, 11) is 0. The molecule has 1 aliphatic carbocycles. The van der Waals surface area contributed by atoms with Crippen molar-refractivity contribution in [1.82, 2.24) is 4.98 Å². The van der Waals surface area contributed by atoms with Gasteiger partial charge in [-0.3, -0.25) is 0 Å². The number of hydrogen-bond donors (Lipinski definition) is 2. The number of aromatic nitrogens is 1. The zero-order valence-corrected chi connectivity index (χ0v) is 9.73. The van der Waals surface area contributed by atoms with Gasteiger partial charge in [0.05, 0.1) is 0 Å². The van der Waals surface area contributed by atoms with Gasteiger partial charge < -0.3 is 15.9 Å². The fraction of sp³-hybridized carbons (Fsp3) is 0.462. The molecule has 1 aromatic heterocycles. The Morgan fingerprint density at radius 2 is 1.94 bits per heavy atom. The molecule has 1 saturated carbocycles. The second-order valence-electron chi connectivity index (χ2n) is 4.89. The van der Waals surface area contributed by atoms with E-state index in [0.29, 0.717) is 12.0 Å². The highest BCUT2D eigenvalue weighted by Gasteiger charge is 2.24. The minimum atomic E-state index is 0.353. The van der Waals surface area contributed by atoms with E-state index < -0.39 is 0 Å². The van der Waals surface area contributed by atoms with E-state index in [4.69, 9.17) is 15.9 Å². The van der Waals surface area contributed by atoms with Crippen LogP contribution in [0.3, 0.4) is 0 Å². The first-order valence-electron chi connectivity index (χ1n) is 6.14. The number of rotatable bonds is 1. The Balaban J connectivity index is 1.90. The minimum Gasteiger partial charge on any atom is -0.440 e. The van der Waals surface area contributed by atoms with E-state index in [1.165, 1.54) is 0 Å². The van der Waals surface area contributed by atoms with E-state index in [1.54, 1.807) is 0 Å². The topological polar surface area (TPSA) is 78.1 Å². The molecular formula is C13H17N3O. The average Bonchev–Trinajstić information content (AvgIpc) is 2.72. The Morgan fingerprint density at radius 1 is 1.18 bits per heavy atom. The van der Waals surface area contributed by atoms with Crippen molar-refractivity contribution in [2.45, 2.75) is 37.6 Å². The molecule has 17 heavy (non-hydrogen) atoms. The van der Waals surface area contributed by atoms with Gasteiger partial charge >= 0.3 is 0 Å². The lowest BCUT2D eigenvalue weighted by molar-refractivity contribution is 0.346. The van der Waals surface area contributed by atoms with Gasteiger partial charge in [-0.1, -0.05) is 0 Å². The highest BCUT2D eigenvalue weighted by Crippen LogP contribution is 2.33. The number of nitrogens with two attached hydrogens (primary N) is 2. The van der Waals surface area contributed by atoms with Crippen LogP contribution >= 0.6 is 0 Å². The molecule has 90 valence electrons. The SMILES string of the molecule is Nc1ccc2oc(C3CCC(N)CC3)nc2c1. The predicted molar refractivity (Wildman–Crippen MR) is 67.6 cm³/mol. The monoisotopic (exact) mass is 231 g/mol. The molecule has 0 saturated heterocycles. The van der Waals surface area contributed by atoms with Crippen LogP contribution in [0.2, 0.25) is 0 Å². The summed E-state index contributed by atoms with van der Waals surface area (Å²) in [5.41, 5.74) is 14.0. The van der Waals surface area contributed by atoms with Crippen molar-refractivity contribution in [3.8, 4) is 0 Å². The average molecular weight is 231 g/mol. The minimum absolute atomic E-state index is 0.353. The molecule has 2 aromatic rings. The van der Waals surface area contributed by atoms with Crippen molar-refractivity contribution in [2.24, 2.45) is 5.73 Å². The van der Waals surface area contributed by atoms with Crippen LogP contribution in [0.4, 0.5) is 5.69 Å². The summed E-state index contributed by atoms with van der Waals surface area (Å²) in [6.07, 6.45) is 4.27. The van der Waals surface area contributed by atoms with Crippen LogP contribution in [0.15, 0.2) is 22.6 Å². The fourth-order valence-corrected chi connectivity index (χ4v) is 2.50. The maximum atomic E-state index is 5.90. The molecule has 4 nitrogen and oxygen atoms in total. The summed E-state index contributed by atoms with van der Waals surface area (Å²) in [4.78, 5) is 4.53. The zero-order chi connectivity index (χ0) is 11.8. The van der Waals surface area contributed by atoms with Crippen LogP contribution in [-0.4, -0.2) is 11.0 Å². The lowest BCUT2D eigenvalue weighted by Crippen LogP contribution is -2.25. The van der Waals surface area contributed by atoms with E-state index in [-0.39, 0.29) is 0 Å². The Kier molecular flexibility index (Phi) is 2.52. The fourth-order valence-electron chi connectivity index (χ4n) is 2.50. The molecule has 1 aliphatic rings. The molecule has 0 amide bonds. The first-order chi connectivity index (χ1) is 8.22. The molecule has 4 N–H and O–H groups in total. The molecule has 3 rings (SSSR count). The third-order valence-electron chi connectivity index (χ3n) is 3.55. The van der Waals surface area contributed by atoms with E-state index >= 15 is 0 Å². The van der Waals surface area contributed by atoms with E-state index in [2.05, 4.69) is 4.98 Å². The lowest BCUT2D eigenvalue weighted by atomic mass is 9.86. The molecule has 1 aromatic carbocycles. The number of nitrogen functional groups attached to an aromatic ring is 1. The van der Waals surface area contributed by atoms with Crippen LogP contribution < -0.4 is 11.5 Å². The normalized spacial score (nSPS) is 25.2. The largest absolute Gasteiger partial charge is 0.440 e. The van der Waals surface area contributed by atoms with Gasteiger partial charge in [0.1, 0.15) is 5.52 Å². The zero-order valence-electron chi connectivity index (χ0n) is 9.73. The summed E-state index contributed by atoms with van der Waals surface area (Å²) in [6.45, 7) is 0. The quantitative estimate of drug-likeness (QED) is 0.739. The number of oxazole rings is 1. The van der Waals surface area contributed by atoms with Gasteiger partial charge in [0.15, 0.2) is 11.5 Å². The van der Waals surface area contributed by atoms with Crippen molar-refractivity contribution in [2.75, 3.05) is 5.73 Å². The number of benzene rings is 1. The standard InChI is InChI=1S/C13H17N3O/c14-9-3-1-8(2-4-9)13-16-11-7-10(15)5-6-12(11)17-13/h5-9H,1-4,14-15H2. The Morgan fingerprint density at radius 3 is 2.71 bits per heavy atom. The van der Waals surface area contributed by atoms with Gasteiger partial charge in [-0.2, -0.15) is 0 Å². The van der Waals surface area contributed by atoms with Gasteiger partial charge in [0, 0.05) is 17.6 Å². The van der Waals surface area contributed by atoms with Crippen LogP contribution in [0.1, 0.15) is 37.5 Å². The Hall–Kier alpha value is -1.55. The van der Waals surface area contributed by atoms with Gasteiger partial charge in [-0.25, -0.2) is 4.98 Å². The van der Waals surface area contributed by atoms with Gasteiger partial charge in [-0.15, -0.1) is 0 Å². The van der Waals surface area contributed by atoms with Crippen LogP contribution in [0.25, 0.3) is 11.1 Å². The molecule has 4 heteroatoms. The third kappa shape index (κ3) is 2.00. The van der Waals surface area contributed by atoms with Crippen molar-refractivity contribution in [3.05, 3.63) is 24.1 Å². The summed E-state index contributed by atoms with van der Waals surface area (Å²) in [5.74, 6) is 1.26. The molecule has 0 radical (unpaired) electrons. The molecule has 0 bridgehead atoms. The van der Waals surface area contributed by atoms with Gasteiger partial charge in [0.2, 0.25) is 0 Å². The van der Waals surface area contributed by atoms with E-state index in [9.17, 15) is 0 Å². The maximum absolute atomic E-state index is 5.90. The van der Waals surface area contributed by atoms with Crippen molar-refractivity contribution < 1.29 is 4.42 Å². The Labute approximate surface area is 100.0 Å². The maximum Gasteiger partial charge on any atom is 0.198 e. The smallest absolute Gasteiger partial charge is 0.198 e. The van der Waals surface area contributed by atoms with Crippen LogP contribution in [0, 0.1) is 0 Å². The lowest BCUT2D eigenvalue weighted by Gasteiger charge is -2.23. The molecule has 1 heterocycles. The molecule has 0 unspecified atom stereocenters. The summed E-state index contributed by atoms with van der Waals surface area (Å²) >= 11 is 0.